The van der Waals surface area contributed by atoms with Crippen LogP contribution in [-0.2, 0) is 11.2 Å². The molecule has 3 rings (SSSR count). The van der Waals surface area contributed by atoms with Crippen molar-refractivity contribution < 1.29 is 9.53 Å². The zero-order valence-corrected chi connectivity index (χ0v) is 15.9. The van der Waals surface area contributed by atoms with Crippen LogP contribution in [-0.4, -0.2) is 34.7 Å². The Hall–Kier alpha value is -2.36. The largest absolute Gasteiger partial charge is 0.444 e. The highest BCUT2D eigenvalue weighted by atomic mass is 16.6. The molecule has 2 aromatic rings. The molecule has 1 aromatic carbocycles. The van der Waals surface area contributed by atoms with Crippen molar-refractivity contribution in [2.45, 2.75) is 51.6 Å². The summed E-state index contributed by atoms with van der Waals surface area (Å²) < 4.78 is 5.48. The first-order valence-electron chi connectivity index (χ1n) is 9.36. The lowest BCUT2D eigenvalue weighted by atomic mass is 9.89. The number of rotatable bonds is 3. The summed E-state index contributed by atoms with van der Waals surface area (Å²) in [5, 5.41) is 0. The van der Waals surface area contributed by atoms with Crippen LogP contribution in [0.5, 0.6) is 0 Å². The van der Waals surface area contributed by atoms with Crippen molar-refractivity contribution in [2.24, 2.45) is 0 Å². The van der Waals surface area contributed by atoms with E-state index in [9.17, 15) is 4.79 Å². The van der Waals surface area contributed by atoms with E-state index < -0.39 is 5.60 Å². The highest BCUT2D eigenvalue weighted by Crippen LogP contribution is 2.29. The van der Waals surface area contributed by atoms with Crippen LogP contribution in [0, 0.1) is 0 Å². The number of nitrogens with zero attached hydrogens (tertiary/aromatic N) is 2. The summed E-state index contributed by atoms with van der Waals surface area (Å²) in [6.07, 6.45) is 6.53. The van der Waals surface area contributed by atoms with Gasteiger partial charge in [0.15, 0.2) is 0 Å². The number of carbonyl (C=O) groups excluding carboxylic acids is 1. The third-order valence-corrected chi connectivity index (χ3v) is 4.69. The Balaban J connectivity index is 1.59. The van der Waals surface area contributed by atoms with Gasteiger partial charge in [0.05, 0.1) is 0 Å². The van der Waals surface area contributed by atoms with Crippen LogP contribution in [0.4, 0.5) is 4.79 Å². The number of benzene rings is 1. The summed E-state index contributed by atoms with van der Waals surface area (Å²) in [6.45, 7) is 7.19. The normalized spacial score (nSPS) is 15.7. The maximum atomic E-state index is 12.2. The van der Waals surface area contributed by atoms with Crippen LogP contribution in [0.15, 0.2) is 48.8 Å². The molecule has 0 atom stereocenters. The van der Waals surface area contributed by atoms with Gasteiger partial charge in [0, 0.05) is 25.5 Å². The van der Waals surface area contributed by atoms with Gasteiger partial charge in [-0.25, -0.2) is 4.79 Å². The summed E-state index contributed by atoms with van der Waals surface area (Å²) in [7, 11) is 0. The molecule has 1 fully saturated rings. The highest BCUT2D eigenvalue weighted by molar-refractivity contribution is 5.68. The topological polar surface area (TPSA) is 42.4 Å². The molecular weight excluding hydrogens is 324 g/mol. The van der Waals surface area contributed by atoms with E-state index in [-0.39, 0.29) is 6.09 Å². The van der Waals surface area contributed by atoms with E-state index in [2.05, 4.69) is 35.3 Å². The Morgan fingerprint density at radius 2 is 1.81 bits per heavy atom. The van der Waals surface area contributed by atoms with Gasteiger partial charge in [-0.2, -0.15) is 0 Å². The molecule has 2 heterocycles. The number of likely N-dealkylation sites (tertiary alicyclic amines) is 1. The summed E-state index contributed by atoms with van der Waals surface area (Å²) in [5.41, 5.74) is 3.38. The van der Waals surface area contributed by atoms with Gasteiger partial charge in [-0.05, 0) is 62.6 Å². The Labute approximate surface area is 156 Å². The molecule has 138 valence electrons. The lowest BCUT2D eigenvalue weighted by molar-refractivity contribution is 0.0205. The van der Waals surface area contributed by atoms with Gasteiger partial charge in [0.25, 0.3) is 0 Å². The predicted octanol–water partition coefficient (Wildman–Crippen LogP) is 4.79. The van der Waals surface area contributed by atoms with E-state index in [1.165, 1.54) is 16.7 Å². The van der Waals surface area contributed by atoms with Gasteiger partial charge in [-0.3, -0.25) is 4.98 Å². The Bertz CT molecular complexity index is 729. The Kier molecular flexibility index (Phi) is 5.60. The van der Waals surface area contributed by atoms with Gasteiger partial charge in [-0.15, -0.1) is 0 Å². The summed E-state index contributed by atoms with van der Waals surface area (Å²) in [5.74, 6) is 0.455. The molecule has 1 aliphatic rings. The molecule has 1 aliphatic heterocycles. The molecule has 1 saturated heterocycles. The van der Waals surface area contributed by atoms with Crippen LogP contribution in [0.1, 0.15) is 56.2 Å². The second-order valence-electron chi connectivity index (χ2n) is 8.03. The molecule has 0 aliphatic carbocycles. The van der Waals surface area contributed by atoms with Crippen molar-refractivity contribution in [1.82, 2.24) is 9.88 Å². The van der Waals surface area contributed by atoms with E-state index >= 15 is 0 Å². The number of hydrogen-bond donors (Lipinski definition) is 0. The number of aromatic nitrogens is 1. The number of piperidine rings is 1. The molecule has 0 bridgehead atoms. The van der Waals surface area contributed by atoms with Crippen LogP contribution in [0.3, 0.4) is 0 Å². The van der Waals surface area contributed by atoms with Crippen LogP contribution < -0.4 is 0 Å². The lowest BCUT2D eigenvalue weighted by Crippen LogP contribution is -2.41. The third kappa shape index (κ3) is 5.07. The number of amides is 1. The molecule has 0 unspecified atom stereocenters. The Morgan fingerprint density at radius 3 is 2.46 bits per heavy atom. The molecule has 0 spiro atoms. The zero-order chi connectivity index (χ0) is 18.6. The smallest absolute Gasteiger partial charge is 0.410 e. The predicted molar refractivity (Wildman–Crippen MR) is 103 cm³/mol. The average molecular weight is 352 g/mol. The summed E-state index contributed by atoms with van der Waals surface area (Å²) >= 11 is 0. The Morgan fingerprint density at radius 1 is 1.12 bits per heavy atom. The fourth-order valence-corrected chi connectivity index (χ4v) is 3.38. The molecule has 0 saturated carbocycles. The molecule has 4 nitrogen and oxygen atoms in total. The highest BCUT2D eigenvalue weighted by Gasteiger charge is 2.27. The summed E-state index contributed by atoms with van der Waals surface area (Å²) in [6, 6.07) is 12.7. The minimum atomic E-state index is -0.441. The monoisotopic (exact) mass is 352 g/mol. The standard InChI is InChI=1S/C22H28N2O2/c1-22(2,3)26-21(25)24-11-9-19(10-12-24)20-14-18(15-23-16-20)13-17-7-5-4-6-8-17/h4-8,14-16,19H,9-13H2,1-3H3. The average Bonchev–Trinajstić information content (AvgIpc) is 2.61. The second kappa shape index (κ2) is 7.90. The molecule has 0 radical (unpaired) electrons. The van der Waals surface area contributed by atoms with Gasteiger partial charge in [-0.1, -0.05) is 36.4 Å². The van der Waals surface area contributed by atoms with E-state index in [1.54, 1.807) is 0 Å². The van der Waals surface area contributed by atoms with Crippen LogP contribution >= 0.6 is 0 Å². The number of ether oxygens (including phenoxy) is 1. The first kappa shape index (κ1) is 18.4. The van der Waals surface area contributed by atoms with Gasteiger partial charge in [0.2, 0.25) is 0 Å². The van der Waals surface area contributed by atoms with Crippen molar-refractivity contribution in [1.29, 1.82) is 0 Å². The van der Waals surface area contributed by atoms with Gasteiger partial charge >= 0.3 is 6.09 Å². The number of carbonyl (C=O) groups is 1. The maximum absolute atomic E-state index is 12.2. The van der Waals surface area contributed by atoms with E-state index in [1.807, 2.05) is 44.1 Å². The summed E-state index contributed by atoms with van der Waals surface area (Å²) in [4.78, 5) is 18.5. The number of hydrogen-bond acceptors (Lipinski definition) is 3. The fourth-order valence-electron chi connectivity index (χ4n) is 3.38. The fraction of sp³-hybridized carbons (Fsp3) is 0.455. The second-order valence-corrected chi connectivity index (χ2v) is 8.03. The molecule has 1 amide bonds. The molecule has 1 aromatic heterocycles. The van der Waals surface area contributed by atoms with Crippen molar-refractivity contribution in [3.8, 4) is 0 Å². The third-order valence-electron chi connectivity index (χ3n) is 4.69. The first-order valence-corrected chi connectivity index (χ1v) is 9.36. The molecule has 4 heteroatoms. The SMILES string of the molecule is CC(C)(C)OC(=O)N1CCC(c2cncc(Cc3ccccc3)c2)CC1. The van der Waals surface area contributed by atoms with Crippen molar-refractivity contribution >= 4 is 6.09 Å². The van der Waals surface area contributed by atoms with Gasteiger partial charge in [0.1, 0.15) is 5.60 Å². The zero-order valence-electron chi connectivity index (χ0n) is 15.9. The van der Waals surface area contributed by atoms with Crippen molar-refractivity contribution in [3.05, 3.63) is 65.5 Å². The molecule has 26 heavy (non-hydrogen) atoms. The van der Waals surface area contributed by atoms with Crippen LogP contribution in [0.25, 0.3) is 0 Å². The van der Waals surface area contributed by atoms with Crippen molar-refractivity contribution in [2.75, 3.05) is 13.1 Å². The van der Waals surface area contributed by atoms with Gasteiger partial charge < -0.3 is 9.64 Å². The van der Waals surface area contributed by atoms with E-state index in [0.717, 1.165) is 32.4 Å². The number of pyridine rings is 1. The minimum absolute atomic E-state index is 0.202. The first-order chi connectivity index (χ1) is 12.4. The lowest BCUT2D eigenvalue weighted by Gasteiger charge is -2.33. The van der Waals surface area contributed by atoms with E-state index in [4.69, 9.17) is 4.74 Å². The molecule has 0 N–H and O–H groups in total. The molecular formula is C22H28N2O2. The quantitative estimate of drug-likeness (QED) is 0.798. The van der Waals surface area contributed by atoms with Crippen molar-refractivity contribution in [3.63, 3.8) is 0 Å². The minimum Gasteiger partial charge on any atom is -0.444 e. The van der Waals surface area contributed by atoms with Crippen LogP contribution in [0.2, 0.25) is 0 Å². The van der Waals surface area contributed by atoms with E-state index in [0.29, 0.717) is 5.92 Å². The maximum Gasteiger partial charge on any atom is 0.410 e.